The number of ether oxygens (including phenoxy) is 1. The Kier molecular flexibility index (Phi) is 5.50. The standard InChI is InChI=1S/C16H12Cl2N2O3S/c17-11-4-3-10(12(18)8-11)9-22-15(21)6-5-14-19-16(20-23-14)13-2-1-7-24-13/h1-4,7-8H,5-6,9H2. The number of carbonyl (C=O) groups excluding carboxylic acids is 1. The fourth-order valence-corrected chi connectivity index (χ4v) is 3.05. The second-order valence-electron chi connectivity index (χ2n) is 4.89. The van der Waals surface area contributed by atoms with E-state index in [1.165, 1.54) is 11.3 Å². The Morgan fingerprint density at radius 3 is 2.92 bits per heavy atom. The van der Waals surface area contributed by atoms with Crippen molar-refractivity contribution >= 4 is 40.5 Å². The summed E-state index contributed by atoms with van der Waals surface area (Å²) in [5, 5.41) is 6.83. The molecule has 0 radical (unpaired) electrons. The van der Waals surface area contributed by atoms with Gasteiger partial charge < -0.3 is 9.26 Å². The summed E-state index contributed by atoms with van der Waals surface area (Å²) in [5.41, 5.74) is 0.701. The number of carbonyl (C=O) groups is 1. The Balaban J connectivity index is 1.49. The van der Waals surface area contributed by atoms with E-state index in [2.05, 4.69) is 10.1 Å². The van der Waals surface area contributed by atoms with Gasteiger partial charge in [-0.15, -0.1) is 11.3 Å². The Morgan fingerprint density at radius 1 is 1.29 bits per heavy atom. The molecule has 2 aromatic heterocycles. The largest absolute Gasteiger partial charge is 0.461 e. The normalized spacial score (nSPS) is 10.8. The lowest BCUT2D eigenvalue weighted by Gasteiger charge is -2.06. The average molecular weight is 383 g/mol. The topological polar surface area (TPSA) is 65.2 Å². The van der Waals surface area contributed by atoms with E-state index in [0.717, 1.165) is 4.88 Å². The van der Waals surface area contributed by atoms with E-state index in [1.54, 1.807) is 18.2 Å². The van der Waals surface area contributed by atoms with Gasteiger partial charge in [-0.1, -0.05) is 40.5 Å². The van der Waals surface area contributed by atoms with Gasteiger partial charge in [-0.3, -0.25) is 4.79 Å². The summed E-state index contributed by atoms with van der Waals surface area (Å²) < 4.78 is 10.3. The summed E-state index contributed by atoms with van der Waals surface area (Å²) in [7, 11) is 0. The highest BCUT2D eigenvalue weighted by atomic mass is 35.5. The summed E-state index contributed by atoms with van der Waals surface area (Å²) in [6, 6.07) is 8.85. The SMILES string of the molecule is O=C(CCc1nc(-c2cccs2)no1)OCc1ccc(Cl)cc1Cl. The quantitative estimate of drug-likeness (QED) is 0.573. The third kappa shape index (κ3) is 4.35. The van der Waals surface area contributed by atoms with E-state index in [1.807, 2.05) is 17.5 Å². The van der Waals surface area contributed by atoms with Gasteiger partial charge in [0.1, 0.15) is 6.61 Å². The van der Waals surface area contributed by atoms with Crippen molar-refractivity contribution in [3.05, 3.63) is 57.2 Å². The molecule has 0 unspecified atom stereocenters. The molecule has 0 N–H and O–H groups in total. The molecule has 0 aliphatic rings. The van der Waals surface area contributed by atoms with Gasteiger partial charge in [0, 0.05) is 22.0 Å². The number of rotatable bonds is 6. The monoisotopic (exact) mass is 382 g/mol. The fraction of sp³-hybridized carbons (Fsp3) is 0.188. The first-order chi connectivity index (χ1) is 11.6. The van der Waals surface area contributed by atoms with Crippen LogP contribution in [0.4, 0.5) is 0 Å². The zero-order valence-electron chi connectivity index (χ0n) is 12.4. The van der Waals surface area contributed by atoms with Crippen LogP contribution in [-0.2, 0) is 22.6 Å². The molecule has 24 heavy (non-hydrogen) atoms. The number of aromatic nitrogens is 2. The van der Waals surface area contributed by atoms with E-state index in [-0.39, 0.29) is 19.0 Å². The number of halogens is 2. The van der Waals surface area contributed by atoms with Gasteiger partial charge in [0.05, 0.1) is 11.3 Å². The van der Waals surface area contributed by atoms with Crippen LogP contribution in [0.5, 0.6) is 0 Å². The maximum Gasteiger partial charge on any atom is 0.306 e. The van der Waals surface area contributed by atoms with Gasteiger partial charge in [-0.05, 0) is 23.6 Å². The predicted octanol–water partition coefficient (Wildman–Crippen LogP) is 4.78. The molecule has 3 rings (SSSR count). The molecule has 0 spiro atoms. The maximum absolute atomic E-state index is 11.8. The molecule has 2 heterocycles. The minimum absolute atomic E-state index is 0.0963. The van der Waals surface area contributed by atoms with E-state index in [0.29, 0.717) is 33.7 Å². The smallest absolute Gasteiger partial charge is 0.306 e. The van der Waals surface area contributed by atoms with E-state index < -0.39 is 0 Å². The number of hydrogen-bond donors (Lipinski definition) is 0. The van der Waals surface area contributed by atoms with Crippen LogP contribution in [0.25, 0.3) is 10.7 Å². The van der Waals surface area contributed by atoms with E-state index in [4.69, 9.17) is 32.5 Å². The van der Waals surface area contributed by atoms with Gasteiger partial charge in [-0.25, -0.2) is 0 Å². The number of hydrogen-bond acceptors (Lipinski definition) is 6. The van der Waals surface area contributed by atoms with Crippen molar-refractivity contribution in [1.29, 1.82) is 0 Å². The number of thiophene rings is 1. The summed E-state index contributed by atoms with van der Waals surface area (Å²) in [6.45, 7) is 0.0963. The van der Waals surface area contributed by atoms with Gasteiger partial charge in [0.25, 0.3) is 0 Å². The van der Waals surface area contributed by atoms with Crippen LogP contribution in [0.3, 0.4) is 0 Å². The molecule has 124 valence electrons. The van der Waals surface area contributed by atoms with Crippen LogP contribution in [0.1, 0.15) is 17.9 Å². The molecule has 0 saturated heterocycles. The second-order valence-corrected chi connectivity index (χ2v) is 6.68. The number of benzene rings is 1. The molecule has 0 amide bonds. The van der Waals surface area contributed by atoms with Crippen molar-refractivity contribution in [2.75, 3.05) is 0 Å². The third-order valence-electron chi connectivity index (χ3n) is 3.16. The summed E-state index contributed by atoms with van der Waals surface area (Å²) >= 11 is 13.4. The molecule has 1 aromatic carbocycles. The first kappa shape index (κ1) is 17.0. The molecule has 8 heteroatoms. The molecule has 0 fully saturated rings. The zero-order chi connectivity index (χ0) is 16.9. The van der Waals surface area contributed by atoms with Crippen molar-refractivity contribution in [3.63, 3.8) is 0 Å². The van der Waals surface area contributed by atoms with E-state index in [9.17, 15) is 4.79 Å². The van der Waals surface area contributed by atoms with Gasteiger partial charge in [0.2, 0.25) is 11.7 Å². The fourth-order valence-electron chi connectivity index (χ4n) is 1.94. The predicted molar refractivity (Wildman–Crippen MR) is 92.2 cm³/mol. The van der Waals surface area contributed by atoms with Crippen LogP contribution >= 0.6 is 34.5 Å². The van der Waals surface area contributed by atoms with Crippen molar-refractivity contribution in [3.8, 4) is 10.7 Å². The zero-order valence-corrected chi connectivity index (χ0v) is 14.7. The van der Waals surface area contributed by atoms with Crippen molar-refractivity contribution < 1.29 is 14.1 Å². The number of nitrogens with zero attached hydrogens (tertiary/aromatic N) is 2. The van der Waals surface area contributed by atoms with Crippen molar-refractivity contribution in [2.24, 2.45) is 0 Å². The lowest BCUT2D eigenvalue weighted by Crippen LogP contribution is -2.06. The van der Waals surface area contributed by atoms with Gasteiger partial charge in [-0.2, -0.15) is 4.98 Å². The minimum atomic E-state index is -0.364. The van der Waals surface area contributed by atoms with Crippen LogP contribution in [0.2, 0.25) is 10.0 Å². The molecular weight excluding hydrogens is 371 g/mol. The van der Waals surface area contributed by atoms with Crippen LogP contribution in [0, 0.1) is 0 Å². The summed E-state index contributed by atoms with van der Waals surface area (Å²) in [6.07, 6.45) is 0.475. The first-order valence-corrected chi connectivity index (χ1v) is 8.71. The molecule has 5 nitrogen and oxygen atoms in total. The molecular formula is C16H12Cl2N2O3S. The highest BCUT2D eigenvalue weighted by molar-refractivity contribution is 7.13. The van der Waals surface area contributed by atoms with Crippen LogP contribution in [0.15, 0.2) is 40.2 Å². The molecule has 0 atom stereocenters. The van der Waals surface area contributed by atoms with E-state index >= 15 is 0 Å². The van der Waals surface area contributed by atoms with Crippen molar-refractivity contribution in [2.45, 2.75) is 19.4 Å². The molecule has 0 bridgehead atoms. The first-order valence-electron chi connectivity index (χ1n) is 7.08. The van der Waals surface area contributed by atoms with Gasteiger partial charge >= 0.3 is 5.97 Å². The van der Waals surface area contributed by atoms with Crippen molar-refractivity contribution in [1.82, 2.24) is 10.1 Å². The highest BCUT2D eigenvalue weighted by Crippen LogP contribution is 2.23. The molecule has 0 saturated carbocycles. The average Bonchev–Trinajstić information content (AvgIpc) is 3.23. The highest BCUT2D eigenvalue weighted by Gasteiger charge is 2.12. The minimum Gasteiger partial charge on any atom is -0.461 e. The Bertz CT molecular complexity index is 834. The lowest BCUT2D eigenvalue weighted by molar-refractivity contribution is -0.145. The summed E-state index contributed by atoms with van der Waals surface area (Å²) in [4.78, 5) is 17.0. The van der Waals surface area contributed by atoms with Crippen LogP contribution < -0.4 is 0 Å². The van der Waals surface area contributed by atoms with Crippen LogP contribution in [-0.4, -0.2) is 16.1 Å². The molecule has 0 aliphatic heterocycles. The van der Waals surface area contributed by atoms with Gasteiger partial charge in [0.15, 0.2) is 0 Å². The Labute approximate surface area is 152 Å². The Morgan fingerprint density at radius 2 is 2.17 bits per heavy atom. The lowest BCUT2D eigenvalue weighted by atomic mass is 10.2. The number of esters is 1. The second kappa shape index (κ2) is 7.79. The maximum atomic E-state index is 11.8. The molecule has 3 aromatic rings. The number of aryl methyl sites for hydroxylation is 1. The third-order valence-corrected chi connectivity index (χ3v) is 4.61. The molecule has 0 aliphatic carbocycles. The summed E-state index contributed by atoms with van der Waals surface area (Å²) in [5.74, 6) is 0.568. The Hall–Kier alpha value is -1.89.